The highest BCUT2D eigenvalue weighted by atomic mass is 32.1. The van der Waals surface area contributed by atoms with Crippen LogP contribution in [-0.4, -0.2) is 60.3 Å². The molecule has 0 aromatic heterocycles. The van der Waals surface area contributed by atoms with Crippen molar-refractivity contribution in [2.45, 2.75) is 39.8 Å². The van der Waals surface area contributed by atoms with Gasteiger partial charge in [-0.3, -0.25) is 15.8 Å². The molecule has 11 heteroatoms. The summed E-state index contributed by atoms with van der Waals surface area (Å²) in [5.41, 5.74) is 10.9. The number of ether oxygens (including phenoxy) is 1. The quantitative estimate of drug-likeness (QED) is 0.213. The second kappa shape index (κ2) is 12.8. The molecule has 0 amide bonds. The van der Waals surface area contributed by atoms with Crippen molar-refractivity contribution in [2.75, 3.05) is 33.7 Å². The number of aryl methyl sites for hydroxylation is 1. The van der Waals surface area contributed by atoms with Gasteiger partial charge in [0.05, 0.1) is 17.1 Å². The third kappa shape index (κ3) is 7.61. The molecule has 2 aliphatic heterocycles. The van der Waals surface area contributed by atoms with Gasteiger partial charge in [-0.15, -0.1) is 0 Å². The Bertz CT molecular complexity index is 1010. The van der Waals surface area contributed by atoms with Gasteiger partial charge in [-0.25, -0.2) is 0 Å². The highest BCUT2D eigenvalue weighted by molar-refractivity contribution is 7.80. The fraction of sp³-hybridized carbons (Fsp3) is 0.500. The monoisotopic (exact) mass is 516 g/mol. The highest BCUT2D eigenvalue weighted by Crippen LogP contribution is 2.29. The lowest BCUT2D eigenvalue weighted by Crippen LogP contribution is -2.41. The highest BCUT2D eigenvalue weighted by Gasteiger charge is 2.29. The molecule has 3 rings (SSSR count). The maximum absolute atomic E-state index is 6.13. The third-order valence-corrected chi connectivity index (χ3v) is 6.74. The van der Waals surface area contributed by atoms with E-state index in [9.17, 15) is 0 Å². The van der Waals surface area contributed by atoms with Crippen LogP contribution in [0.25, 0.3) is 0 Å². The van der Waals surface area contributed by atoms with Gasteiger partial charge in [0.15, 0.2) is 16.5 Å². The normalized spacial score (nSPS) is 19.6. The Morgan fingerprint density at radius 3 is 2.37 bits per heavy atom. The van der Waals surface area contributed by atoms with Crippen molar-refractivity contribution in [3.05, 3.63) is 46.8 Å². The summed E-state index contributed by atoms with van der Waals surface area (Å²) < 4.78 is 6.13. The second-order valence-electron chi connectivity index (χ2n) is 8.72. The largest absolute Gasteiger partial charge is 0.469 e. The van der Waals surface area contributed by atoms with Gasteiger partial charge in [0.2, 0.25) is 0 Å². The van der Waals surface area contributed by atoms with E-state index in [1.807, 2.05) is 13.8 Å². The average Bonchev–Trinajstić information content (AvgIpc) is 3.23. The predicted octanol–water partition coefficient (Wildman–Crippen LogP) is 2.48. The number of thiocarbonyl (C=S) groups is 2. The van der Waals surface area contributed by atoms with Gasteiger partial charge in [0.25, 0.3) is 0 Å². The summed E-state index contributed by atoms with van der Waals surface area (Å²) >= 11 is 10.3. The molecular formula is C24H36N8OS2. The molecule has 0 spiro atoms. The standard InChI is InChI=1S/C24H36N8OS2/c1-15-7-6-8-19(13-15)22-27-20(17(3)33-22)14-32-11-9-18(10-12-32)21(29-31-24(35)26-5)16(2)28-30-23(34)25-4/h6-8,13,18,22,27H,9-12,14H2,1-5H3,(H2,25,30,34)(H2,26,31,35)/b28-16+,29-21-. The molecule has 35 heavy (non-hydrogen) atoms. The van der Waals surface area contributed by atoms with E-state index in [1.165, 1.54) is 5.56 Å². The second-order valence-corrected chi connectivity index (χ2v) is 9.53. The summed E-state index contributed by atoms with van der Waals surface area (Å²) in [6.07, 6.45) is 1.80. The number of piperidine rings is 1. The molecule has 2 heterocycles. The van der Waals surface area contributed by atoms with Crippen molar-refractivity contribution in [3.8, 4) is 0 Å². The first kappa shape index (κ1) is 26.8. The lowest BCUT2D eigenvalue weighted by atomic mass is 9.89. The molecule has 2 aliphatic rings. The summed E-state index contributed by atoms with van der Waals surface area (Å²) in [6, 6.07) is 8.43. The van der Waals surface area contributed by atoms with Crippen LogP contribution in [0.15, 0.2) is 45.9 Å². The minimum absolute atomic E-state index is 0.127. The summed E-state index contributed by atoms with van der Waals surface area (Å²) in [6.45, 7) is 8.79. The number of likely N-dealkylation sites (tertiary alicyclic amines) is 1. The minimum atomic E-state index is -0.127. The number of allylic oxidation sites excluding steroid dienone is 1. The van der Waals surface area contributed by atoms with Gasteiger partial charge in [-0.05, 0) is 71.1 Å². The summed E-state index contributed by atoms with van der Waals surface area (Å²) in [5, 5.41) is 19.2. The average molecular weight is 517 g/mol. The van der Waals surface area contributed by atoms with Crippen LogP contribution < -0.4 is 26.8 Å². The van der Waals surface area contributed by atoms with E-state index in [2.05, 4.69) is 73.1 Å². The lowest BCUT2D eigenvalue weighted by Gasteiger charge is -2.32. The Morgan fingerprint density at radius 2 is 1.74 bits per heavy atom. The van der Waals surface area contributed by atoms with Crippen molar-refractivity contribution in [1.82, 2.24) is 31.7 Å². The van der Waals surface area contributed by atoms with Gasteiger partial charge >= 0.3 is 0 Å². The van der Waals surface area contributed by atoms with Crippen LogP contribution >= 0.6 is 24.4 Å². The first-order valence-electron chi connectivity index (χ1n) is 11.8. The van der Waals surface area contributed by atoms with Crippen molar-refractivity contribution < 1.29 is 4.74 Å². The Labute approximate surface area is 218 Å². The van der Waals surface area contributed by atoms with Crippen LogP contribution in [0.4, 0.5) is 0 Å². The first-order valence-corrected chi connectivity index (χ1v) is 12.6. The topological polar surface area (TPSA) is 97.3 Å². The van der Waals surface area contributed by atoms with E-state index >= 15 is 0 Å². The van der Waals surface area contributed by atoms with E-state index in [4.69, 9.17) is 29.2 Å². The number of rotatable bonds is 7. The van der Waals surface area contributed by atoms with Crippen LogP contribution in [-0.2, 0) is 4.74 Å². The maximum Gasteiger partial charge on any atom is 0.195 e. The molecule has 1 unspecified atom stereocenters. The number of nitrogens with one attached hydrogen (secondary N) is 5. The minimum Gasteiger partial charge on any atom is -0.469 e. The third-order valence-electron chi connectivity index (χ3n) is 6.15. The van der Waals surface area contributed by atoms with Crippen LogP contribution in [0.2, 0.25) is 0 Å². The molecule has 1 saturated heterocycles. The van der Waals surface area contributed by atoms with Gasteiger partial charge in [-0.1, -0.05) is 29.8 Å². The van der Waals surface area contributed by atoms with Crippen molar-refractivity contribution in [3.63, 3.8) is 0 Å². The van der Waals surface area contributed by atoms with Crippen LogP contribution in [0, 0.1) is 12.8 Å². The molecule has 0 saturated carbocycles. The number of nitrogens with zero attached hydrogens (tertiary/aromatic N) is 3. The van der Waals surface area contributed by atoms with E-state index < -0.39 is 0 Å². The van der Waals surface area contributed by atoms with Crippen LogP contribution in [0.3, 0.4) is 0 Å². The molecule has 1 aromatic carbocycles. The van der Waals surface area contributed by atoms with Gasteiger partial charge < -0.3 is 20.7 Å². The van der Waals surface area contributed by atoms with E-state index in [0.717, 1.165) is 60.9 Å². The zero-order chi connectivity index (χ0) is 25.4. The van der Waals surface area contributed by atoms with Crippen LogP contribution in [0.1, 0.15) is 44.0 Å². The van der Waals surface area contributed by atoms with Crippen molar-refractivity contribution >= 4 is 46.1 Å². The smallest absolute Gasteiger partial charge is 0.195 e. The number of hydrogen-bond acceptors (Lipinski definition) is 7. The van der Waals surface area contributed by atoms with E-state index in [-0.39, 0.29) is 12.1 Å². The van der Waals surface area contributed by atoms with Gasteiger partial charge in [-0.2, -0.15) is 10.2 Å². The lowest BCUT2D eigenvalue weighted by molar-refractivity contribution is 0.130. The zero-order valence-corrected chi connectivity index (χ0v) is 22.7. The molecule has 9 nitrogen and oxygen atoms in total. The molecule has 0 bridgehead atoms. The zero-order valence-electron chi connectivity index (χ0n) is 21.1. The maximum atomic E-state index is 6.13. The molecule has 1 aromatic rings. The number of benzene rings is 1. The summed E-state index contributed by atoms with van der Waals surface area (Å²) in [7, 11) is 3.51. The summed E-state index contributed by atoms with van der Waals surface area (Å²) in [4.78, 5) is 2.45. The molecule has 190 valence electrons. The fourth-order valence-corrected chi connectivity index (χ4v) is 4.24. The summed E-state index contributed by atoms with van der Waals surface area (Å²) in [5.74, 6) is 1.22. The molecule has 0 radical (unpaired) electrons. The molecular weight excluding hydrogens is 480 g/mol. The Balaban J connectivity index is 1.60. The van der Waals surface area contributed by atoms with E-state index in [1.54, 1.807) is 14.1 Å². The SMILES string of the molecule is CNC(=S)N/N=C(C)/C(=N/NC(=S)NC)C1CCN(CC2=C(C)OC(c3cccc(C)c3)N2)CC1. The number of hydrazone groups is 2. The number of hydrogen-bond donors (Lipinski definition) is 5. The Morgan fingerprint density at radius 1 is 1.09 bits per heavy atom. The Hall–Kier alpha value is -2.76. The molecule has 5 N–H and O–H groups in total. The first-order chi connectivity index (χ1) is 16.8. The van der Waals surface area contributed by atoms with Crippen molar-refractivity contribution in [1.29, 1.82) is 0 Å². The van der Waals surface area contributed by atoms with E-state index in [0.29, 0.717) is 10.2 Å². The van der Waals surface area contributed by atoms with Crippen LogP contribution in [0.5, 0.6) is 0 Å². The fourth-order valence-electron chi connectivity index (χ4n) is 4.15. The molecule has 1 atom stereocenters. The van der Waals surface area contributed by atoms with Gasteiger partial charge in [0, 0.05) is 32.1 Å². The Kier molecular flexibility index (Phi) is 9.82. The molecule has 0 aliphatic carbocycles. The van der Waals surface area contributed by atoms with Crippen molar-refractivity contribution in [2.24, 2.45) is 16.1 Å². The molecule has 1 fully saturated rings. The predicted molar refractivity (Wildman–Crippen MR) is 150 cm³/mol. The van der Waals surface area contributed by atoms with Gasteiger partial charge in [0.1, 0.15) is 5.76 Å².